The van der Waals surface area contributed by atoms with Crippen LogP contribution in [0.1, 0.15) is 84.3 Å². The summed E-state index contributed by atoms with van der Waals surface area (Å²) in [5.74, 6) is -1.74. The lowest BCUT2D eigenvalue weighted by Crippen LogP contribution is -2.28. The van der Waals surface area contributed by atoms with Gasteiger partial charge in [0.15, 0.2) is 5.71 Å². The molecule has 0 radical (unpaired) electrons. The van der Waals surface area contributed by atoms with E-state index in [-0.39, 0.29) is 22.6 Å². The number of hydrogen-bond acceptors (Lipinski definition) is 7. The standard InChI is InChI=1S/C38H46N2O10S2/c1-26(12-10-14-33-37(2,3)29-24-27(51(45,46)47)18-20-31(29)39(33)22-8-6-16-35(41)42)13-11-15-34-38(4,5)30-25-28(52(48,49)50)19-21-32(30)40(34)23-9-7-17-36(43)44/h10-15,18-21,24-25H,6-9,16-17,22-23H2,1-5H3,(H3-,41,42,43,44,45,46,47,48,49,50)/p+1. The van der Waals surface area contributed by atoms with E-state index in [4.69, 9.17) is 10.2 Å². The lowest BCUT2D eigenvalue weighted by Gasteiger charge is -2.27. The molecule has 280 valence electrons. The normalized spacial score (nSPS) is 17.8. The molecule has 2 heterocycles. The number of aliphatic carboxylic acids is 2. The van der Waals surface area contributed by atoms with Gasteiger partial charge in [0.25, 0.3) is 20.2 Å². The molecule has 0 aromatic heterocycles. The number of hydrogen-bond donors (Lipinski definition) is 4. The summed E-state index contributed by atoms with van der Waals surface area (Å²) >= 11 is 0. The second-order valence-corrected chi connectivity index (χ2v) is 17.0. The lowest BCUT2D eigenvalue weighted by atomic mass is 9.81. The third-order valence-electron chi connectivity index (χ3n) is 9.59. The molecule has 0 aliphatic carbocycles. The summed E-state index contributed by atoms with van der Waals surface area (Å²) in [5.41, 5.74) is 4.43. The zero-order valence-electron chi connectivity index (χ0n) is 30.0. The summed E-state index contributed by atoms with van der Waals surface area (Å²) in [4.78, 5) is 23.8. The highest BCUT2D eigenvalue weighted by Gasteiger charge is 2.45. The van der Waals surface area contributed by atoms with E-state index in [1.165, 1.54) is 24.3 Å². The largest absolute Gasteiger partial charge is 0.481 e. The molecular formula is C38H47N2O10S2+. The molecule has 0 amide bonds. The van der Waals surface area contributed by atoms with E-state index < -0.39 is 43.0 Å². The highest BCUT2D eigenvalue weighted by molar-refractivity contribution is 7.86. The van der Waals surface area contributed by atoms with Crippen LogP contribution in [0.15, 0.2) is 93.9 Å². The fourth-order valence-electron chi connectivity index (χ4n) is 6.84. The molecule has 4 rings (SSSR count). The Balaban J connectivity index is 1.63. The van der Waals surface area contributed by atoms with Crippen LogP contribution in [-0.4, -0.2) is 71.5 Å². The van der Waals surface area contributed by atoms with E-state index in [0.29, 0.717) is 38.8 Å². The van der Waals surface area contributed by atoms with E-state index in [1.54, 1.807) is 12.1 Å². The molecule has 14 heteroatoms. The molecule has 2 aromatic carbocycles. The van der Waals surface area contributed by atoms with Crippen molar-refractivity contribution in [1.82, 2.24) is 0 Å². The van der Waals surface area contributed by atoms with Gasteiger partial charge in [-0.15, -0.1) is 0 Å². The highest BCUT2D eigenvalue weighted by atomic mass is 32.2. The first-order chi connectivity index (χ1) is 24.2. The van der Waals surface area contributed by atoms with Crippen LogP contribution in [0.5, 0.6) is 0 Å². The molecule has 0 saturated heterocycles. The highest BCUT2D eigenvalue weighted by Crippen LogP contribution is 2.48. The predicted molar refractivity (Wildman–Crippen MR) is 199 cm³/mol. The van der Waals surface area contributed by atoms with E-state index in [1.807, 2.05) is 71.1 Å². The van der Waals surface area contributed by atoms with Crippen LogP contribution in [0.25, 0.3) is 0 Å². The van der Waals surface area contributed by atoms with Gasteiger partial charge >= 0.3 is 11.9 Å². The van der Waals surface area contributed by atoms with Gasteiger partial charge in [0.2, 0.25) is 5.69 Å². The van der Waals surface area contributed by atoms with Crippen LogP contribution in [-0.2, 0) is 40.7 Å². The first-order valence-corrected chi connectivity index (χ1v) is 19.9. The van der Waals surface area contributed by atoms with Gasteiger partial charge in [-0.1, -0.05) is 43.7 Å². The Labute approximate surface area is 305 Å². The SMILES string of the molecule is CC(/C=C/C=C1/N(CCCCC(=O)O)c2ccc(S(=O)(=O)O)cc2C1(C)C)=C\C=C\C1=[N+](CCCCC(=O)O)c2ccc(S(=O)(=O)O)cc2C1(C)C. The molecule has 2 aromatic rings. The average molecular weight is 756 g/mol. The lowest BCUT2D eigenvalue weighted by molar-refractivity contribution is -0.438. The third-order valence-corrected chi connectivity index (χ3v) is 11.3. The van der Waals surface area contributed by atoms with Crippen molar-refractivity contribution in [3.63, 3.8) is 0 Å². The van der Waals surface area contributed by atoms with Crippen molar-refractivity contribution in [2.24, 2.45) is 0 Å². The van der Waals surface area contributed by atoms with Crippen LogP contribution >= 0.6 is 0 Å². The zero-order chi connectivity index (χ0) is 38.6. The number of benzene rings is 2. The third kappa shape index (κ3) is 9.16. The van der Waals surface area contributed by atoms with Gasteiger partial charge < -0.3 is 15.1 Å². The maximum Gasteiger partial charge on any atom is 0.303 e. The minimum absolute atomic E-state index is 0.0404. The summed E-state index contributed by atoms with van der Waals surface area (Å²) in [7, 11) is -8.84. The summed E-state index contributed by atoms with van der Waals surface area (Å²) < 4.78 is 69.2. The minimum atomic E-state index is -4.42. The van der Waals surface area contributed by atoms with E-state index in [9.17, 15) is 35.5 Å². The van der Waals surface area contributed by atoms with E-state index >= 15 is 0 Å². The van der Waals surface area contributed by atoms with Gasteiger partial charge in [-0.05, 0) is 82.0 Å². The Kier molecular flexibility index (Phi) is 12.2. The topological polar surface area (TPSA) is 190 Å². The average Bonchev–Trinajstić information content (AvgIpc) is 3.38. The predicted octanol–water partition coefficient (Wildman–Crippen LogP) is 6.81. The summed E-state index contributed by atoms with van der Waals surface area (Å²) in [6.45, 7) is 10.8. The fourth-order valence-corrected chi connectivity index (χ4v) is 7.86. The summed E-state index contributed by atoms with van der Waals surface area (Å²) in [6, 6.07) is 9.01. The van der Waals surface area contributed by atoms with Crippen LogP contribution in [0.3, 0.4) is 0 Å². The maximum absolute atomic E-state index is 11.9. The van der Waals surface area contributed by atoms with Crippen molar-refractivity contribution in [1.29, 1.82) is 0 Å². The number of allylic oxidation sites excluding steroid dienone is 8. The molecule has 2 aliphatic rings. The van der Waals surface area contributed by atoms with Crippen LogP contribution in [0.4, 0.5) is 11.4 Å². The monoisotopic (exact) mass is 755 g/mol. The summed E-state index contributed by atoms with van der Waals surface area (Å²) in [6.07, 6.45) is 13.7. The van der Waals surface area contributed by atoms with Gasteiger partial charge in [0.05, 0.1) is 15.2 Å². The number of rotatable bonds is 16. The number of unbranched alkanes of at least 4 members (excludes halogenated alkanes) is 2. The minimum Gasteiger partial charge on any atom is -0.481 e. The molecular weight excluding hydrogens is 709 g/mol. The molecule has 0 atom stereocenters. The first kappa shape index (κ1) is 40.4. The smallest absolute Gasteiger partial charge is 0.303 e. The van der Waals surface area contributed by atoms with Crippen molar-refractivity contribution in [3.05, 3.63) is 95.3 Å². The van der Waals surface area contributed by atoms with Crippen LogP contribution < -0.4 is 4.90 Å². The zero-order valence-corrected chi connectivity index (χ0v) is 31.7. The quantitative estimate of drug-likeness (QED) is 0.0610. The van der Waals surface area contributed by atoms with Crippen molar-refractivity contribution in [3.8, 4) is 0 Å². The second kappa shape index (κ2) is 15.7. The Bertz CT molecular complexity index is 2120. The van der Waals surface area contributed by atoms with Gasteiger partial charge in [-0.2, -0.15) is 21.4 Å². The molecule has 12 nitrogen and oxygen atoms in total. The van der Waals surface area contributed by atoms with Crippen molar-refractivity contribution in [2.45, 2.75) is 93.8 Å². The Morgan fingerprint density at radius 1 is 0.788 bits per heavy atom. The van der Waals surface area contributed by atoms with Crippen LogP contribution in [0.2, 0.25) is 0 Å². The first-order valence-electron chi connectivity index (χ1n) is 17.0. The molecule has 2 aliphatic heterocycles. The van der Waals surface area contributed by atoms with Crippen molar-refractivity contribution >= 4 is 49.3 Å². The molecule has 0 bridgehead atoms. The molecule has 0 fully saturated rings. The van der Waals surface area contributed by atoms with Gasteiger partial charge in [0, 0.05) is 60.3 Å². The van der Waals surface area contributed by atoms with E-state index in [0.717, 1.165) is 39.5 Å². The number of carbonyl (C=O) groups is 2. The van der Waals surface area contributed by atoms with Gasteiger partial charge in [-0.25, -0.2) is 0 Å². The Morgan fingerprint density at radius 2 is 1.37 bits per heavy atom. The molecule has 0 saturated carbocycles. The van der Waals surface area contributed by atoms with Gasteiger partial charge in [0.1, 0.15) is 6.54 Å². The van der Waals surface area contributed by atoms with E-state index in [2.05, 4.69) is 9.48 Å². The van der Waals surface area contributed by atoms with Crippen molar-refractivity contribution in [2.75, 3.05) is 18.0 Å². The maximum atomic E-state index is 11.9. The summed E-state index contributed by atoms with van der Waals surface area (Å²) in [5, 5.41) is 18.2. The number of nitrogens with zero attached hydrogens (tertiary/aromatic N) is 2. The molecule has 0 unspecified atom stereocenters. The number of carboxylic acid groups (broad SMARTS) is 2. The Hall–Kier alpha value is -4.37. The van der Waals surface area contributed by atoms with Crippen LogP contribution in [0, 0.1) is 0 Å². The second-order valence-electron chi connectivity index (χ2n) is 14.1. The molecule has 4 N–H and O–H groups in total. The number of anilines is 1. The number of carboxylic acids is 2. The van der Waals surface area contributed by atoms with Gasteiger partial charge in [-0.3, -0.25) is 18.7 Å². The Morgan fingerprint density at radius 3 is 1.96 bits per heavy atom. The number of fused-ring (bicyclic) bond motifs is 2. The fraction of sp³-hybridized carbons (Fsp3) is 0.395. The molecule has 0 spiro atoms. The van der Waals surface area contributed by atoms with Crippen molar-refractivity contribution < 1.29 is 50.3 Å². The molecule has 52 heavy (non-hydrogen) atoms.